The number of likely N-dealkylation sites (tertiary alicyclic amines) is 1. The van der Waals surface area contributed by atoms with Gasteiger partial charge in [-0.1, -0.05) is 4.49 Å². The van der Waals surface area contributed by atoms with Gasteiger partial charge in [0.25, 0.3) is 0 Å². The molecule has 3 heterocycles. The molecule has 1 aliphatic rings. The minimum atomic E-state index is -3.31. The molecule has 1 atom stereocenters. The SMILES string of the molecule is CC(=O)OCc1ccc(CN2CCCC(c3nnsc3S(C)(=O)=O)C2)o1. The molecule has 0 N–H and O–H groups in total. The molecule has 0 spiro atoms. The fourth-order valence-corrected chi connectivity index (χ4v) is 4.83. The topological polar surface area (TPSA) is 103 Å². The van der Waals surface area contributed by atoms with Gasteiger partial charge < -0.3 is 9.15 Å². The van der Waals surface area contributed by atoms with Gasteiger partial charge in [-0.05, 0) is 31.5 Å². The quantitative estimate of drug-likeness (QED) is 0.680. The van der Waals surface area contributed by atoms with Crippen LogP contribution >= 0.6 is 11.5 Å². The first-order valence-electron chi connectivity index (χ1n) is 8.28. The Morgan fingerprint density at radius 2 is 2.19 bits per heavy atom. The molecule has 8 nitrogen and oxygen atoms in total. The van der Waals surface area contributed by atoms with Crippen molar-refractivity contribution >= 4 is 27.3 Å². The molecular formula is C16H21N3O5S2. The highest BCUT2D eigenvalue weighted by Crippen LogP contribution is 2.32. The van der Waals surface area contributed by atoms with Crippen molar-refractivity contribution in [3.05, 3.63) is 29.3 Å². The molecule has 10 heteroatoms. The summed E-state index contributed by atoms with van der Waals surface area (Å²) >= 11 is 0.939. The minimum Gasteiger partial charge on any atom is -0.461 e. The maximum absolute atomic E-state index is 11.9. The van der Waals surface area contributed by atoms with E-state index < -0.39 is 9.84 Å². The predicted octanol–water partition coefficient (Wildman–Crippen LogP) is 1.98. The Kier molecular flexibility index (Phi) is 5.73. The number of hydrogen-bond donors (Lipinski definition) is 0. The zero-order valence-corrected chi connectivity index (χ0v) is 16.3. The number of ether oxygens (including phenoxy) is 1. The minimum absolute atomic E-state index is 0.0442. The van der Waals surface area contributed by atoms with Crippen molar-refractivity contribution in [3.63, 3.8) is 0 Å². The molecule has 1 fully saturated rings. The van der Waals surface area contributed by atoms with Crippen LogP contribution in [0.2, 0.25) is 0 Å². The standard InChI is InChI=1S/C16H21N3O5S2/c1-11(20)23-10-14-6-5-13(24-14)9-19-7-3-4-12(8-19)15-16(25-18-17-15)26(2,21)22/h5-6,12H,3-4,7-10H2,1-2H3. The van der Waals surface area contributed by atoms with Crippen LogP contribution in [0, 0.1) is 0 Å². The number of sulfone groups is 1. The molecule has 26 heavy (non-hydrogen) atoms. The van der Waals surface area contributed by atoms with Gasteiger partial charge in [-0.3, -0.25) is 9.69 Å². The summed E-state index contributed by atoms with van der Waals surface area (Å²) in [7, 11) is -3.31. The van der Waals surface area contributed by atoms with Crippen LogP contribution in [-0.2, 0) is 32.5 Å². The monoisotopic (exact) mass is 399 g/mol. The predicted molar refractivity (Wildman–Crippen MR) is 94.4 cm³/mol. The number of hydrogen-bond acceptors (Lipinski definition) is 9. The molecule has 0 aliphatic carbocycles. The van der Waals surface area contributed by atoms with Crippen LogP contribution in [0.1, 0.15) is 42.9 Å². The summed E-state index contributed by atoms with van der Waals surface area (Å²) in [6.07, 6.45) is 3.03. The first-order chi connectivity index (χ1) is 12.3. The summed E-state index contributed by atoms with van der Waals surface area (Å²) < 4.78 is 38.6. The average Bonchev–Trinajstić information content (AvgIpc) is 3.22. The zero-order chi connectivity index (χ0) is 18.7. The molecule has 1 aliphatic heterocycles. The first-order valence-corrected chi connectivity index (χ1v) is 10.9. The van der Waals surface area contributed by atoms with Crippen LogP contribution in [0.4, 0.5) is 0 Å². The van der Waals surface area contributed by atoms with Gasteiger partial charge in [0.15, 0.2) is 14.0 Å². The van der Waals surface area contributed by atoms with Gasteiger partial charge in [-0.2, -0.15) is 0 Å². The number of piperidine rings is 1. The van der Waals surface area contributed by atoms with Crippen molar-refractivity contribution in [2.75, 3.05) is 19.3 Å². The third-order valence-electron chi connectivity index (χ3n) is 4.22. The number of nitrogens with zero attached hydrogens (tertiary/aromatic N) is 3. The van der Waals surface area contributed by atoms with E-state index in [1.807, 2.05) is 6.07 Å². The average molecular weight is 399 g/mol. The zero-order valence-electron chi connectivity index (χ0n) is 14.7. The lowest BCUT2D eigenvalue weighted by Crippen LogP contribution is -2.34. The summed E-state index contributed by atoms with van der Waals surface area (Å²) in [6, 6.07) is 3.67. The van der Waals surface area contributed by atoms with Gasteiger partial charge in [0.2, 0.25) is 0 Å². The highest BCUT2D eigenvalue weighted by Gasteiger charge is 2.29. The lowest BCUT2D eigenvalue weighted by atomic mass is 9.95. The first kappa shape index (κ1) is 19.0. The largest absolute Gasteiger partial charge is 0.461 e. The van der Waals surface area contributed by atoms with E-state index in [1.54, 1.807) is 6.07 Å². The summed E-state index contributed by atoms with van der Waals surface area (Å²) in [5.41, 5.74) is 0.581. The van der Waals surface area contributed by atoms with Crippen molar-refractivity contribution < 1.29 is 22.4 Å². The summed E-state index contributed by atoms with van der Waals surface area (Å²) in [4.78, 5) is 13.1. The van der Waals surface area contributed by atoms with Crippen molar-refractivity contribution in [1.82, 2.24) is 14.5 Å². The van der Waals surface area contributed by atoms with Crippen molar-refractivity contribution in [1.29, 1.82) is 0 Å². The molecule has 142 valence electrons. The lowest BCUT2D eigenvalue weighted by Gasteiger charge is -2.31. The summed E-state index contributed by atoms with van der Waals surface area (Å²) in [5, 5.41) is 4.08. The maximum Gasteiger partial charge on any atom is 0.303 e. The van der Waals surface area contributed by atoms with Gasteiger partial charge in [0.05, 0.1) is 12.2 Å². The Morgan fingerprint density at radius 3 is 2.92 bits per heavy atom. The second-order valence-corrected chi connectivity index (χ2v) is 9.41. The van der Waals surface area contributed by atoms with Crippen LogP contribution in [0.25, 0.3) is 0 Å². The van der Waals surface area contributed by atoms with E-state index in [0.717, 1.165) is 36.7 Å². The number of carbonyl (C=O) groups excluding carboxylic acids is 1. The second-order valence-electron chi connectivity index (χ2n) is 6.44. The van der Waals surface area contributed by atoms with E-state index in [-0.39, 0.29) is 22.7 Å². The van der Waals surface area contributed by atoms with Gasteiger partial charge in [0.1, 0.15) is 18.1 Å². The Morgan fingerprint density at radius 1 is 1.42 bits per heavy atom. The molecule has 0 saturated carbocycles. The summed E-state index contributed by atoms with van der Waals surface area (Å²) in [5.74, 6) is 1.09. The fraction of sp³-hybridized carbons (Fsp3) is 0.562. The van der Waals surface area contributed by atoms with Gasteiger partial charge in [-0.25, -0.2) is 8.42 Å². The molecule has 1 unspecified atom stereocenters. The van der Waals surface area contributed by atoms with Crippen LogP contribution in [-0.4, -0.2) is 48.2 Å². The van der Waals surface area contributed by atoms with Crippen molar-refractivity contribution in [3.8, 4) is 0 Å². The molecule has 0 radical (unpaired) electrons. The number of rotatable bonds is 6. The van der Waals surface area contributed by atoms with Crippen LogP contribution in [0.15, 0.2) is 20.8 Å². The van der Waals surface area contributed by atoms with Crippen LogP contribution in [0.3, 0.4) is 0 Å². The van der Waals surface area contributed by atoms with E-state index in [4.69, 9.17) is 9.15 Å². The fourth-order valence-electron chi connectivity index (χ4n) is 3.10. The molecular weight excluding hydrogens is 378 g/mol. The lowest BCUT2D eigenvalue weighted by molar-refractivity contribution is -0.142. The molecule has 0 amide bonds. The number of furan rings is 1. The van der Waals surface area contributed by atoms with Gasteiger partial charge >= 0.3 is 5.97 Å². The van der Waals surface area contributed by atoms with E-state index in [2.05, 4.69) is 14.5 Å². The van der Waals surface area contributed by atoms with E-state index in [9.17, 15) is 13.2 Å². The second kappa shape index (κ2) is 7.85. The van der Waals surface area contributed by atoms with E-state index in [0.29, 0.717) is 24.5 Å². The summed E-state index contributed by atoms with van der Waals surface area (Å²) in [6.45, 7) is 3.70. The molecule has 3 rings (SSSR count). The number of aromatic nitrogens is 2. The number of esters is 1. The van der Waals surface area contributed by atoms with E-state index in [1.165, 1.54) is 13.2 Å². The maximum atomic E-state index is 11.9. The molecule has 0 aromatic carbocycles. The third-order valence-corrected chi connectivity index (χ3v) is 6.78. The Hall–Kier alpha value is -1.78. The van der Waals surface area contributed by atoms with Gasteiger partial charge in [0, 0.05) is 37.2 Å². The van der Waals surface area contributed by atoms with Gasteiger partial charge in [-0.15, -0.1) is 5.10 Å². The smallest absolute Gasteiger partial charge is 0.303 e. The Labute approximate surface area is 156 Å². The Bertz CT molecular complexity index is 874. The highest BCUT2D eigenvalue weighted by atomic mass is 32.2. The molecule has 2 aromatic heterocycles. The van der Waals surface area contributed by atoms with Crippen LogP contribution < -0.4 is 0 Å². The van der Waals surface area contributed by atoms with Crippen molar-refractivity contribution in [2.24, 2.45) is 0 Å². The van der Waals surface area contributed by atoms with Crippen molar-refractivity contribution in [2.45, 2.75) is 43.0 Å². The normalized spacial score (nSPS) is 18.8. The molecule has 1 saturated heterocycles. The van der Waals surface area contributed by atoms with Crippen LogP contribution in [0.5, 0.6) is 0 Å². The van der Waals surface area contributed by atoms with E-state index >= 15 is 0 Å². The Balaban J connectivity index is 1.64. The highest BCUT2D eigenvalue weighted by molar-refractivity contribution is 7.92. The molecule has 0 bridgehead atoms. The molecule has 2 aromatic rings. The third kappa shape index (κ3) is 4.68. The number of carbonyl (C=O) groups is 1.